The highest BCUT2D eigenvalue weighted by molar-refractivity contribution is 5.30. The zero-order chi connectivity index (χ0) is 12.1. The first-order chi connectivity index (χ1) is 8.29. The van der Waals surface area contributed by atoms with Crippen LogP contribution in [0.5, 0.6) is 5.75 Å². The minimum atomic E-state index is 0.306. The van der Waals surface area contributed by atoms with Crippen molar-refractivity contribution in [2.45, 2.75) is 19.5 Å². The van der Waals surface area contributed by atoms with Crippen LogP contribution < -0.4 is 10.1 Å². The summed E-state index contributed by atoms with van der Waals surface area (Å²) in [6.45, 7) is 3.02. The number of aromatic nitrogens is 1. The number of nitrogens with one attached hydrogen (secondary N) is 2. The second-order valence-corrected chi connectivity index (χ2v) is 4.10. The van der Waals surface area contributed by atoms with Gasteiger partial charge in [0.1, 0.15) is 5.75 Å². The third-order valence-electron chi connectivity index (χ3n) is 2.87. The lowest BCUT2D eigenvalue weighted by molar-refractivity contribution is 0.413. The summed E-state index contributed by atoms with van der Waals surface area (Å²) in [5, 5.41) is 3.48. The van der Waals surface area contributed by atoms with E-state index in [2.05, 4.69) is 35.4 Å². The molecule has 0 aliphatic rings. The molecule has 1 heterocycles. The van der Waals surface area contributed by atoms with Crippen molar-refractivity contribution in [1.82, 2.24) is 10.3 Å². The molecule has 0 spiro atoms. The van der Waals surface area contributed by atoms with Crippen LogP contribution in [0, 0.1) is 0 Å². The molecule has 1 aromatic carbocycles. The third kappa shape index (κ3) is 3.11. The van der Waals surface area contributed by atoms with Gasteiger partial charge in [-0.2, -0.15) is 0 Å². The van der Waals surface area contributed by atoms with E-state index in [0.29, 0.717) is 6.04 Å². The van der Waals surface area contributed by atoms with Gasteiger partial charge in [-0.3, -0.25) is 0 Å². The van der Waals surface area contributed by atoms with E-state index in [4.69, 9.17) is 4.74 Å². The normalized spacial score (nSPS) is 12.4. The van der Waals surface area contributed by atoms with Crippen molar-refractivity contribution in [3.8, 4) is 5.75 Å². The Labute approximate surface area is 102 Å². The molecule has 2 aromatic rings. The molecule has 2 rings (SSSR count). The van der Waals surface area contributed by atoms with Crippen LogP contribution in [0.2, 0.25) is 0 Å². The molecule has 1 atom stereocenters. The Morgan fingerprint density at radius 1 is 1.35 bits per heavy atom. The van der Waals surface area contributed by atoms with E-state index in [1.54, 1.807) is 7.11 Å². The number of benzene rings is 1. The summed E-state index contributed by atoms with van der Waals surface area (Å²) in [5.41, 5.74) is 2.50. The topological polar surface area (TPSA) is 37.0 Å². The molecule has 17 heavy (non-hydrogen) atoms. The van der Waals surface area contributed by atoms with Crippen molar-refractivity contribution in [2.75, 3.05) is 7.11 Å². The Morgan fingerprint density at radius 3 is 2.94 bits per heavy atom. The van der Waals surface area contributed by atoms with Crippen molar-refractivity contribution in [3.05, 3.63) is 53.9 Å². The van der Waals surface area contributed by atoms with Gasteiger partial charge in [0.25, 0.3) is 0 Å². The lowest BCUT2D eigenvalue weighted by Gasteiger charge is -2.14. The van der Waals surface area contributed by atoms with Gasteiger partial charge >= 0.3 is 0 Å². The van der Waals surface area contributed by atoms with E-state index in [1.807, 2.05) is 24.5 Å². The molecular formula is C14H18N2O. The summed E-state index contributed by atoms with van der Waals surface area (Å²) in [7, 11) is 1.69. The molecule has 0 fully saturated rings. The highest BCUT2D eigenvalue weighted by atomic mass is 16.5. The Bertz CT molecular complexity index is 451. The van der Waals surface area contributed by atoms with Crippen LogP contribution in [0.25, 0.3) is 0 Å². The van der Waals surface area contributed by atoms with Gasteiger partial charge in [-0.15, -0.1) is 0 Å². The van der Waals surface area contributed by atoms with Crippen LogP contribution >= 0.6 is 0 Å². The summed E-state index contributed by atoms with van der Waals surface area (Å²) in [5.74, 6) is 0.901. The molecule has 0 amide bonds. The van der Waals surface area contributed by atoms with Gasteiger partial charge < -0.3 is 15.0 Å². The number of aromatic amines is 1. The molecule has 0 bridgehead atoms. The van der Waals surface area contributed by atoms with Crippen molar-refractivity contribution < 1.29 is 4.74 Å². The number of methoxy groups -OCH3 is 1. The molecule has 2 N–H and O–H groups in total. The molecular weight excluding hydrogens is 212 g/mol. The first-order valence-electron chi connectivity index (χ1n) is 5.78. The minimum absolute atomic E-state index is 0.306. The lowest BCUT2D eigenvalue weighted by Crippen LogP contribution is -2.17. The first kappa shape index (κ1) is 11.7. The summed E-state index contributed by atoms with van der Waals surface area (Å²) in [6.07, 6.45) is 3.94. The van der Waals surface area contributed by atoms with Crippen molar-refractivity contribution in [1.29, 1.82) is 0 Å². The molecule has 3 heteroatoms. The maximum absolute atomic E-state index is 5.22. The molecule has 0 aliphatic heterocycles. The van der Waals surface area contributed by atoms with Crippen LogP contribution in [0.3, 0.4) is 0 Å². The van der Waals surface area contributed by atoms with E-state index in [1.165, 1.54) is 11.1 Å². The quantitative estimate of drug-likeness (QED) is 0.828. The highest BCUT2D eigenvalue weighted by Gasteiger charge is 2.05. The SMILES string of the molecule is COc1cccc([C@H](C)NCc2cc[nH]c2)c1. The second-order valence-electron chi connectivity index (χ2n) is 4.10. The standard InChI is InChI=1S/C14H18N2O/c1-11(16-10-12-6-7-15-9-12)13-4-3-5-14(8-13)17-2/h3-9,11,15-16H,10H2,1-2H3/t11-/m0/s1. The minimum Gasteiger partial charge on any atom is -0.497 e. The molecule has 0 radical (unpaired) electrons. The van der Waals surface area contributed by atoms with Gasteiger partial charge in [-0.25, -0.2) is 0 Å². The zero-order valence-electron chi connectivity index (χ0n) is 10.2. The summed E-state index contributed by atoms with van der Waals surface area (Å²) in [6, 6.07) is 10.5. The molecule has 1 aromatic heterocycles. The molecule has 0 saturated carbocycles. The average Bonchev–Trinajstić information content (AvgIpc) is 2.89. The van der Waals surface area contributed by atoms with Crippen LogP contribution in [0.15, 0.2) is 42.7 Å². The predicted octanol–water partition coefficient (Wildman–Crippen LogP) is 2.87. The highest BCUT2D eigenvalue weighted by Crippen LogP contribution is 2.18. The molecule has 3 nitrogen and oxygen atoms in total. The number of hydrogen-bond donors (Lipinski definition) is 2. The van der Waals surface area contributed by atoms with Crippen LogP contribution in [0.1, 0.15) is 24.1 Å². The summed E-state index contributed by atoms with van der Waals surface area (Å²) in [4.78, 5) is 3.05. The van der Waals surface area contributed by atoms with Crippen molar-refractivity contribution >= 4 is 0 Å². The van der Waals surface area contributed by atoms with Gasteiger partial charge in [0.2, 0.25) is 0 Å². The fraction of sp³-hybridized carbons (Fsp3) is 0.286. The largest absolute Gasteiger partial charge is 0.497 e. The number of ether oxygens (including phenoxy) is 1. The fourth-order valence-corrected chi connectivity index (χ4v) is 1.77. The summed E-state index contributed by atoms with van der Waals surface area (Å²) >= 11 is 0. The van der Waals surface area contributed by atoms with E-state index in [-0.39, 0.29) is 0 Å². The number of hydrogen-bond acceptors (Lipinski definition) is 2. The first-order valence-corrected chi connectivity index (χ1v) is 5.78. The predicted molar refractivity (Wildman–Crippen MR) is 69.0 cm³/mol. The second kappa shape index (κ2) is 5.55. The van der Waals surface area contributed by atoms with Crippen LogP contribution in [-0.2, 0) is 6.54 Å². The summed E-state index contributed by atoms with van der Waals surface area (Å²) < 4.78 is 5.22. The molecule has 90 valence electrons. The van der Waals surface area contributed by atoms with Gasteiger partial charge in [0.15, 0.2) is 0 Å². The van der Waals surface area contributed by atoms with Gasteiger partial charge in [-0.1, -0.05) is 12.1 Å². The Kier molecular flexibility index (Phi) is 3.83. The lowest BCUT2D eigenvalue weighted by atomic mass is 10.1. The Hall–Kier alpha value is -1.74. The van der Waals surface area contributed by atoms with Crippen molar-refractivity contribution in [2.24, 2.45) is 0 Å². The Morgan fingerprint density at radius 2 is 2.24 bits per heavy atom. The monoisotopic (exact) mass is 230 g/mol. The third-order valence-corrected chi connectivity index (χ3v) is 2.87. The molecule has 0 saturated heterocycles. The maximum atomic E-state index is 5.22. The van der Waals surface area contributed by atoms with E-state index < -0.39 is 0 Å². The van der Waals surface area contributed by atoms with Gasteiger partial charge in [0, 0.05) is 25.0 Å². The maximum Gasteiger partial charge on any atom is 0.119 e. The number of H-pyrrole nitrogens is 1. The van der Waals surface area contributed by atoms with Crippen LogP contribution in [0.4, 0.5) is 0 Å². The van der Waals surface area contributed by atoms with E-state index in [0.717, 1.165) is 12.3 Å². The molecule has 0 aliphatic carbocycles. The smallest absolute Gasteiger partial charge is 0.119 e. The molecule has 0 unspecified atom stereocenters. The van der Waals surface area contributed by atoms with E-state index >= 15 is 0 Å². The van der Waals surface area contributed by atoms with Crippen molar-refractivity contribution in [3.63, 3.8) is 0 Å². The van der Waals surface area contributed by atoms with Gasteiger partial charge in [-0.05, 0) is 36.2 Å². The fourth-order valence-electron chi connectivity index (χ4n) is 1.77. The van der Waals surface area contributed by atoms with Gasteiger partial charge in [0.05, 0.1) is 7.11 Å². The van der Waals surface area contributed by atoms with E-state index in [9.17, 15) is 0 Å². The Balaban J connectivity index is 1.96. The number of rotatable bonds is 5. The van der Waals surface area contributed by atoms with Crippen LogP contribution in [-0.4, -0.2) is 12.1 Å². The zero-order valence-corrected chi connectivity index (χ0v) is 10.2. The average molecular weight is 230 g/mol.